The molecule has 2 nitrogen and oxygen atoms in total. The van der Waals surface area contributed by atoms with Crippen LogP contribution in [-0.2, 0) is 6.54 Å². The zero-order valence-corrected chi connectivity index (χ0v) is 14.5. The first-order chi connectivity index (χ1) is 9.44. The number of nitrogens with one attached hydrogen (secondary N) is 1. The molecule has 114 valence electrons. The fourth-order valence-electron chi connectivity index (χ4n) is 1.69. The summed E-state index contributed by atoms with van der Waals surface area (Å²) in [4.78, 5) is 0. The molecule has 0 fully saturated rings. The number of ether oxygens (including phenoxy) is 1. The zero-order valence-electron chi connectivity index (χ0n) is 13.0. The molecular weight excluding hydrogens is 290 g/mol. The van der Waals surface area contributed by atoms with Crippen molar-refractivity contribution in [2.75, 3.05) is 18.1 Å². The van der Waals surface area contributed by atoms with E-state index >= 15 is 0 Å². The van der Waals surface area contributed by atoms with Crippen molar-refractivity contribution in [2.24, 2.45) is 0 Å². The Hall–Kier alpha value is -0.380. The van der Waals surface area contributed by atoms with Crippen LogP contribution < -0.4 is 10.1 Å². The van der Waals surface area contributed by atoms with E-state index in [-0.39, 0.29) is 5.54 Å². The second-order valence-electron chi connectivity index (χ2n) is 5.73. The number of benzene rings is 1. The van der Waals surface area contributed by atoms with Crippen molar-refractivity contribution in [1.29, 1.82) is 0 Å². The van der Waals surface area contributed by atoms with Gasteiger partial charge in [0, 0.05) is 17.6 Å². The Morgan fingerprint density at radius 3 is 2.70 bits per heavy atom. The van der Waals surface area contributed by atoms with E-state index in [0.717, 1.165) is 42.4 Å². The van der Waals surface area contributed by atoms with E-state index in [2.05, 4.69) is 39.1 Å². The third-order valence-electron chi connectivity index (χ3n) is 2.74. The summed E-state index contributed by atoms with van der Waals surface area (Å²) in [6.07, 6.45) is 1.05. The minimum absolute atomic E-state index is 0.0807. The van der Waals surface area contributed by atoms with Crippen LogP contribution in [0.4, 0.5) is 0 Å². The zero-order chi connectivity index (χ0) is 15.0. The van der Waals surface area contributed by atoms with Gasteiger partial charge in [-0.05, 0) is 44.8 Å². The summed E-state index contributed by atoms with van der Waals surface area (Å²) in [6, 6.07) is 5.93. The minimum Gasteiger partial charge on any atom is -0.492 e. The van der Waals surface area contributed by atoms with E-state index in [0.29, 0.717) is 5.02 Å². The van der Waals surface area contributed by atoms with Gasteiger partial charge < -0.3 is 10.1 Å². The lowest BCUT2D eigenvalue weighted by atomic mass is 10.1. The normalized spacial score (nSPS) is 11.7. The lowest BCUT2D eigenvalue weighted by molar-refractivity contribution is 0.312. The highest BCUT2D eigenvalue weighted by Crippen LogP contribution is 2.29. The molecule has 0 unspecified atom stereocenters. The molecule has 1 aromatic rings. The second kappa shape index (κ2) is 8.81. The number of halogens is 1. The SMILES string of the molecule is CCSCCCOc1c(Cl)cccc1CNC(C)(C)C. The lowest BCUT2D eigenvalue weighted by Gasteiger charge is -2.22. The maximum Gasteiger partial charge on any atom is 0.142 e. The van der Waals surface area contributed by atoms with Crippen LogP contribution in [0.15, 0.2) is 18.2 Å². The van der Waals surface area contributed by atoms with Gasteiger partial charge in [0.25, 0.3) is 0 Å². The molecule has 0 aliphatic carbocycles. The smallest absolute Gasteiger partial charge is 0.142 e. The molecule has 0 saturated heterocycles. The van der Waals surface area contributed by atoms with Crippen LogP contribution in [0, 0.1) is 0 Å². The molecule has 0 saturated carbocycles. The average Bonchev–Trinajstić information content (AvgIpc) is 2.37. The quantitative estimate of drug-likeness (QED) is 0.699. The summed E-state index contributed by atoms with van der Waals surface area (Å²) < 4.78 is 5.89. The second-order valence-corrected chi connectivity index (χ2v) is 7.53. The monoisotopic (exact) mass is 315 g/mol. The summed E-state index contributed by atoms with van der Waals surface area (Å²) >= 11 is 8.20. The minimum atomic E-state index is 0.0807. The maximum atomic E-state index is 6.26. The number of hydrogen-bond donors (Lipinski definition) is 1. The van der Waals surface area contributed by atoms with Gasteiger partial charge in [-0.3, -0.25) is 0 Å². The van der Waals surface area contributed by atoms with E-state index in [1.165, 1.54) is 0 Å². The molecule has 0 aliphatic heterocycles. The molecule has 1 rings (SSSR count). The predicted molar refractivity (Wildman–Crippen MR) is 91.2 cm³/mol. The van der Waals surface area contributed by atoms with Crippen molar-refractivity contribution in [3.63, 3.8) is 0 Å². The Bertz CT molecular complexity index is 404. The van der Waals surface area contributed by atoms with Crippen LogP contribution >= 0.6 is 23.4 Å². The largest absolute Gasteiger partial charge is 0.492 e. The predicted octanol–water partition coefficient (Wildman–Crippen LogP) is 4.75. The summed E-state index contributed by atoms with van der Waals surface area (Å²) in [5, 5.41) is 4.17. The van der Waals surface area contributed by atoms with Gasteiger partial charge in [0.1, 0.15) is 5.75 Å². The molecule has 1 N–H and O–H groups in total. The van der Waals surface area contributed by atoms with Crippen LogP contribution in [-0.4, -0.2) is 23.7 Å². The first-order valence-electron chi connectivity index (χ1n) is 7.17. The fourth-order valence-corrected chi connectivity index (χ4v) is 2.55. The van der Waals surface area contributed by atoms with E-state index < -0.39 is 0 Å². The van der Waals surface area contributed by atoms with Gasteiger partial charge >= 0.3 is 0 Å². The van der Waals surface area contributed by atoms with Gasteiger partial charge in [0.05, 0.1) is 11.6 Å². The van der Waals surface area contributed by atoms with Crippen molar-refractivity contribution in [2.45, 2.75) is 46.2 Å². The lowest BCUT2D eigenvalue weighted by Crippen LogP contribution is -2.35. The van der Waals surface area contributed by atoms with E-state index in [1.807, 2.05) is 23.9 Å². The highest BCUT2D eigenvalue weighted by atomic mass is 35.5. The van der Waals surface area contributed by atoms with Crippen LogP contribution in [0.25, 0.3) is 0 Å². The third kappa shape index (κ3) is 6.87. The van der Waals surface area contributed by atoms with Gasteiger partial charge in [-0.1, -0.05) is 30.7 Å². The van der Waals surface area contributed by atoms with Gasteiger partial charge in [0.15, 0.2) is 0 Å². The standard InChI is InChI=1S/C16H26ClNOS/c1-5-20-11-7-10-19-15-13(8-6-9-14(15)17)12-18-16(2,3)4/h6,8-9,18H,5,7,10-12H2,1-4H3. The van der Waals surface area contributed by atoms with Crippen LogP contribution in [0.1, 0.15) is 39.7 Å². The molecule has 0 bridgehead atoms. The van der Waals surface area contributed by atoms with Crippen molar-refractivity contribution in [3.8, 4) is 5.75 Å². The third-order valence-corrected chi connectivity index (χ3v) is 4.02. The number of rotatable bonds is 8. The van der Waals surface area contributed by atoms with Gasteiger partial charge in [0.2, 0.25) is 0 Å². The summed E-state index contributed by atoms with van der Waals surface area (Å²) in [5.41, 5.74) is 1.20. The Labute approximate surface area is 132 Å². The fraction of sp³-hybridized carbons (Fsp3) is 0.625. The van der Waals surface area contributed by atoms with Gasteiger partial charge in [-0.25, -0.2) is 0 Å². The van der Waals surface area contributed by atoms with Crippen LogP contribution in [0.2, 0.25) is 5.02 Å². The molecule has 0 amide bonds. The van der Waals surface area contributed by atoms with Crippen LogP contribution in [0.5, 0.6) is 5.75 Å². The summed E-state index contributed by atoms with van der Waals surface area (Å²) in [6.45, 7) is 10.1. The van der Waals surface area contributed by atoms with Crippen molar-refractivity contribution < 1.29 is 4.74 Å². The van der Waals surface area contributed by atoms with Crippen molar-refractivity contribution >= 4 is 23.4 Å². The molecule has 20 heavy (non-hydrogen) atoms. The Kier molecular flexibility index (Phi) is 7.78. The van der Waals surface area contributed by atoms with Crippen molar-refractivity contribution in [3.05, 3.63) is 28.8 Å². The molecule has 0 heterocycles. The number of thioether (sulfide) groups is 1. The molecule has 0 radical (unpaired) electrons. The molecular formula is C16H26ClNOS. The molecule has 0 aliphatic rings. The van der Waals surface area contributed by atoms with E-state index in [1.54, 1.807) is 0 Å². The average molecular weight is 316 g/mol. The van der Waals surface area contributed by atoms with E-state index in [9.17, 15) is 0 Å². The summed E-state index contributed by atoms with van der Waals surface area (Å²) in [5.74, 6) is 3.12. The molecule has 0 spiro atoms. The van der Waals surface area contributed by atoms with E-state index in [4.69, 9.17) is 16.3 Å². The van der Waals surface area contributed by atoms with Gasteiger partial charge in [-0.2, -0.15) is 11.8 Å². The Morgan fingerprint density at radius 1 is 1.30 bits per heavy atom. The number of hydrogen-bond acceptors (Lipinski definition) is 3. The molecule has 4 heteroatoms. The summed E-state index contributed by atoms with van der Waals surface area (Å²) in [7, 11) is 0. The maximum absolute atomic E-state index is 6.26. The molecule has 0 atom stereocenters. The number of para-hydroxylation sites is 1. The van der Waals surface area contributed by atoms with Gasteiger partial charge in [-0.15, -0.1) is 0 Å². The molecule has 0 aromatic heterocycles. The Balaban J connectivity index is 2.59. The highest BCUT2D eigenvalue weighted by molar-refractivity contribution is 7.99. The Morgan fingerprint density at radius 2 is 2.05 bits per heavy atom. The highest BCUT2D eigenvalue weighted by Gasteiger charge is 2.13. The first-order valence-corrected chi connectivity index (χ1v) is 8.70. The van der Waals surface area contributed by atoms with Crippen molar-refractivity contribution in [1.82, 2.24) is 5.32 Å². The molecule has 1 aromatic carbocycles. The topological polar surface area (TPSA) is 21.3 Å². The van der Waals surface area contributed by atoms with Crippen LogP contribution in [0.3, 0.4) is 0 Å². The first kappa shape index (κ1) is 17.7.